The topological polar surface area (TPSA) is 95.1 Å². The van der Waals surface area contributed by atoms with Crippen molar-refractivity contribution in [2.45, 2.75) is 81.8 Å². The van der Waals surface area contributed by atoms with Gasteiger partial charge in [0.2, 0.25) is 0 Å². The third kappa shape index (κ3) is 3.02. The maximum atomic E-state index is 12.7. The zero-order valence-corrected chi connectivity index (χ0v) is 15.7. The molecule has 5 aliphatic rings. The Morgan fingerprint density at radius 3 is 2.33 bits per heavy atom. The normalized spacial score (nSPS) is 40.1. The maximum absolute atomic E-state index is 12.7. The van der Waals surface area contributed by atoms with Crippen LogP contribution in [0.15, 0.2) is 11.0 Å². The van der Waals surface area contributed by atoms with Gasteiger partial charge in [-0.3, -0.25) is 9.59 Å². The van der Waals surface area contributed by atoms with E-state index in [9.17, 15) is 14.7 Å². The van der Waals surface area contributed by atoms with E-state index in [1.165, 1.54) is 25.5 Å². The third-order valence-corrected chi connectivity index (χ3v) is 7.63. The molecule has 1 heterocycles. The molecule has 0 saturated heterocycles. The molecule has 146 valence electrons. The molecule has 5 aliphatic carbocycles. The first kappa shape index (κ1) is 17.4. The number of rotatable bonds is 3. The maximum Gasteiger partial charge on any atom is 0.263 e. The summed E-state index contributed by atoms with van der Waals surface area (Å²) in [6.45, 7) is 0. The van der Waals surface area contributed by atoms with Gasteiger partial charge in [-0.15, -0.1) is 0 Å². The Morgan fingerprint density at radius 1 is 1.11 bits per heavy atom. The van der Waals surface area contributed by atoms with Crippen molar-refractivity contribution in [2.75, 3.05) is 0 Å². The van der Waals surface area contributed by atoms with Crippen molar-refractivity contribution in [1.82, 2.24) is 15.3 Å². The van der Waals surface area contributed by atoms with Gasteiger partial charge in [0.15, 0.2) is 0 Å². The summed E-state index contributed by atoms with van der Waals surface area (Å²) >= 11 is 0. The number of aromatic nitrogens is 2. The summed E-state index contributed by atoms with van der Waals surface area (Å²) < 4.78 is 0. The first-order chi connectivity index (χ1) is 13.0. The first-order valence-corrected chi connectivity index (χ1v) is 10.6. The number of carbonyl (C=O) groups is 1. The number of carbonyl (C=O) groups excluding carboxylic acids is 1. The average molecular weight is 371 g/mol. The van der Waals surface area contributed by atoms with Crippen LogP contribution in [-0.2, 0) is 5.41 Å². The van der Waals surface area contributed by atoms with Crippen molar-refractivity contribution in [2.24, 2.45) is 17.8 Å². The highest BCUT2D eigenvalue weighted by molar-refractivity contribution is 5.93. The lowest BCUT2D eigenvalue weighted by Crippen LogP contribution is -2.50. The van der Waals surface area contributed by atoms with Crippen molar-refractivity contribution in [3.05, 3.63) is 27.9 Å². The molecule has 0 radical (unpaired) electrons. The van der Waals surface area contributed by atoms with E-state index in [0.29, 0.717) is 6.42 Å². The molecule has 3 N–H and O–H groups in total. The fraction of sp³-hybridized carbons (Fsp3) is 0.762. The predicted octanol–water partition coefficient (Wildman–Crippen LogP) is 2.27. The van der Waals surface area contributed by atoms with Crippen LogP contribution < -0.4 is 10.9 Å². The van der Waals surface area contributed by atoms with Gasteiger partial charge in [-0.2, -0.15) is 0 Å². The lowest BCUT2D eigenvalue weighted by Gasteiger charge is -2.56. The molecule has 6 rings (SSSR count). The molecule has 0 aromatic carbocycles. The second-order valence-electron chi connectivity index (χ2n) is 9.60. The molecule has 6 nitrogen and oxygen atoms in total. The minimum atomic E-state index is -0.527. The molecule has 0 spiro atoms. The third-order valence-electron chi connectivity index (χ3n) is 7.63. The monoisotopic (exact) mass is 371 g/mol. The van der Waals surface area contributed by atoms with E-state index in [-0.39, 0.29) is 22.6 Å². The largest absolute Gasteiger partial charge is 0.391 e. The molecule has 4 bridgehead atoms. The van der Waals surface area contributed by atoms with Gasteiger partial charge in [-0.05, 0) is 69.1 Å². The van der Waals surface area contributed by atoms with Crippen molar-refractivity contribution >= 4 is 5.91 Å². The van der Waals surface area contributed by atoms with Crippen LogP contribution >= 0.6 is 0 Å². The van der Waals surface area contributed by atoms with Crippen LogP contribution in [-0.4, -0.2) is 33.1 Å². The van der Waals surface area contributed by atoms with E-state index in [4.69, 9.17) is 0 Å². The van der Waals surface area contributed by atoms with Crippen LogP contribution in [0.2, 0.25) is 0 Å². The molecule has 1 amide bonds. The van der Waals surface area contributed by atoms with Crippen LogP contribution in [0.1, 0.15) is 80.4 Å². The predicted molar refractivity (Wildman–Crippen MR) is 100 cm³/mol. The Bertz CT molecular complexity index is 767. The van der Waals surface area contributed by atoms with E-state index in [0.717, 1.165) is 62.1 Å². The molecule has 0 aliphatic heterocycles. The smallest absolute Gasteiger partial charge is 0.263 e. The van der Waals surface area contributed by atoms with Gasteiger partial charge in [-0.25, -0.2) is 4.98 Å². The van der Waals surface area contributed by atoms with E-state index in [1.807, 2.05) is 0 Å². The first-order valence-electron chi connectivity index (χ1n) is 10.6. The van der Waals surface area contributed by atoms with Gasteiger partial charge in [-0.1, -0.05) is 12.8 Å². The van der Waals surface area contributed by atoms with Gasteiger partial charge < -0.3 is 15.4 Å². The van der Waals surface area contributed by atoms with E-state index in [2.05, 4.69) is 15.3 Å². The number of aliphatic hydroxyl groups excluding tert-OH is 1. The molecular weight excluding hydrogens is 342 g/mol. The number of aliphatic hydroxyl groups is 1. The quantitative estimate of drug-likeness (QED) is 0.760. The fourth-order valence-electron chi connectivity index (χ4n) is 6.75. The summed E-state index contributed by atoms with van der Waals surface area (Å²) in [6.07, 6.45) is 11.8. The van der Waals surface area contributed by atoms with Gasteiger partial charge in [0.1, 0.15) is 11.4 Å². The number of hydrogen-bond acceptors (Lipinski definition) is 4. The fourth-order valence-corrected chi connectivity index (χ4v) is 6.75. The highest BCUT2D eigenvalue weighted by Gasteiger charge is 2.53. The Labute approximate surface area is 159 Å². The average Bonchev–Trinajstić information content (AvgIpc) is 2.62. The second kappa shape index (κ2) is 6.43. The summed E-state index contributed by atoms with van der Waals surface area (Å²) in [7, 11) is 0. The molecule has 5 fully saturated rings. The number of nitrogens with one attached hydrogen (secondary N) is 2. The molecule has 1 aromatic rings. The van der Waals surface area contributed by atoms with Crippen molar-refractivity contribution in [3.63, 3.8) is 0 Å². The lowest BCUT2D eigenvalue weighted by molar-refractivity contribution is -0.00954. The summed E-state index contributed by atoms with van der Waals surface area (Å²) in [5.41, 5.74) is -0.276. The van der Waals surface area contributed by atoms with E-state index < -0.39 is 12.0 Å². The molecule has 5 saturated carbocycles. The molecular formula is C21H29N3O3. The summed E-state index contributed by atoms with van der Waals surface area (Å²) in [5.74, 6) is 2.69. The molecule has 6 heteroatoms. The van der Waals surface area contributed by atoms with Crippen molar-refractivity contribution in [1.29, 1.82) is 0 Å². The Balaban J connectivity index is 1.36. The highest BCUT2D eigenvalue weighted by Crippen LogP contribution is 2.59. The zero-order valence-electron chi connectivity index (χ0n) is 15.7. The molecule has 27 heavy (non-hydrogen) atoms. The lowest BCUT2D eigenvalue weighted by atomic mass is 9.49. The number of aromatic amines is 1. The SMILES string of the molecule is O=C(N[C@H]1CCCC[C@@H]1O)c1cnc(C23CC4CC(CC(C4)C2)C3)[nH]c1=O. The van der Waals surface area contributed by atoms with Gasteiger partial charge in [0.25, 0.3) is 11.5 Å². The van der Waals surface area contributed by atoms with Crippen LogP contribution in [0.3, 0.4) is 0 Å². The van der Waals surface area contributed by atoms with Crippen LogP contribution in [0.5, 0.6) is 0 Å². The summed E-state index contributed by atoms with van der Waals surface area (Å²) in [5, 5.41) is 12.9. The second-order valence-corrected chi connectivity index (χ2v) is 9.60. The van der Waals surface area contributed by atoms with Crippen LogP contribution in [0, 0.1) is 17.8 Å². The Kier molecular flexibility index (Phi) is 4.15. The van der Waals surface area contributed by atoms with Crippen LogP contribution in [0.25, 0.3) is 0 Å². The highest BCUT2D eigenvalue weighted by atomic mass is 16.3. The minimum absolute atomic E-state index is 0.0163. The van der Waals surface area contributed by atoms with Crippen molar-refractivity contribution < 1.29 is 9.90 Å². The summed E-state index contributed by atoms with van der Waals surface area (Å²) in [6, 6.07) is -0.270. The van der Waals surface area contributed by atoms with E-state index in [1.54, 1.807) is 0 Å². The summed E-state index contributed by atoms with van der Waals surface area (Å²) in [4.78, 5) is 32.8. The zero-order chi connectivity index (χ0) is 18.6. The van der Waals surface area contributed by atoms with E-state index >= 15 is 0 Å². The number of nitrogens with zero attached hydrogens (tertiary/aromatic N) is 1. The standard InChI is InChI=1S/C21H29N3O3/c25-17-4-2-1-3-16(17)23-18(26)15-11-22-20(24-19(15)27)21-8-12-5-13(9-21)7-14(6-12)10-21/h11-14,16-17,25H,1-10H2,(H,23,26)(H,22,24,27)/t12?,13?,14?,16-,17-,21?/m0/s1. The van der Waals surface area contributed by atoms with Gasteiger partial charge >= 0.3 is 0 Å². The molecule has 0 unspecified atom stereocenters. The number of H-pyrrole nitrogens is 1. The van der Waals surface area contributed by atoms with Crippen LogP contribution in [0.4, 0.5) is 0 Å². The number of amides is 1. The van der Waals surface area contributed by atoms with Crippen molar-refractivity contribution in [3.8, 4) is 0 Å². The minimum Gasteiger partial charge on any atom is -0.391 e. The number of hydrogen-bond donors (Lipinski definition) is 3. The Morgan fingerprint density at radius 2 is 1.74 bits per heavy atom. The molecule has 2 atom stereocenters. The molecule has 1 aromatic heterocycles. The Hall–Kier alpha value is -1.69. The van der Waals surface area contributed by atoms with Gasteiger partial charge in [0.05, 0.1) is 12.1 Å². The van der Waals surface area contributed by atoms with Gasteiger partial charge in [0, 0.05) is 11.6 Å².